The second kappa shape index (κ2) is 4.83. The number of ether oxygens (including phenoxy) is 1. The lowest BCUT2D eigenvalue weighted by Gasteiger charge is -2.14. The summed E-state index contributed by atoms with van der Waals surface area (Å²) in [5.74, 6) is 0.518. The average Bonchev–Trinajstić information content (AvgIpc) is 2.85. The average molecular weight is 278 g/mol. The largest absolute Gasteiger partial charge is 0.493 e. The van der Waals surface area contributed by atoms with Gasteiger partial charge in [0.05, 0.1) is 12.6 Å². The van der Waals surface area contributed by atoms with Crippen LogP contribution in [0, 0.1) is 5.82 Å². The Hall–Kier alpha value is -1.58. The number of nitrogens with two attached hydrogens (primary N) is 1. The molecule has 0 spiro atoms. The van der Waals surface area contributed by atoms with E-state index in [0.717, 1.165) is 23.3 Å². The summed E-state index contributed by atoms with van der Waals surface area (Å²) in [6.07, 6.45) is 0.874. The van der Waals surface area contributed by atoms with Gasteiger partial charge in [-0.2, -0.15) is 0 Å². The van der Waals surface area contributed by atoms with E-state index >= 15 is 0 Å². The van der Waals surface area contributed by atoms with Gasteiger partial charge >= 0.3 is 0 Å². The first kappa shape index (κ1) is 12.5. The summed E-state index contributed by atoms with van der Waals surface area (Å²) in [6.45, 7) is 0.698. The van der Waals surface area contributed by atoms with Gasteiger partial charge in [-0.25, -0.2) is 4.39 Å². The van der Waals surface area contributed by atoms with Crippen molar-refractivity contribution in [2.75, 3.05) is 6.61 Å². The maximum Gasteiger partial charge on any atom is 0.129 e. The first-order valence-electron chi connectivity index (χ1n) is 6.11. The zero-order valence-corrected chi connectivity index (χ0v) is 11.0. The first-order chi connectivity index (χ1) is 9.15. The summed E-state index contributed by atoms with van der Waals surface area (Å²) in [6, 6.07) is 9.83. The van der Waals surface area contributed by atoms with E-state index in [1.165, 1.54) is 6.07 Å². The van der Waals surface area contributed by atoms with E-state index < -0.39 is 6.04 Å². The molecule has 3 rings (SSSR count). The second-order valence-electron chi connectivity index (χ2n) is 4.61. The molecule has 1 unspecified atom stereocenters. The number of hydrogen-bond donors (Lipinski definition) is 1. The number of hydrogen-bond acceptors (Lipinski definition) is 2. The van der Waals surface area contributed by atoms with Crippen molar-refractivity contribution in [1.82, 2.24) is 0 Å². The summed E-state index contributed by atoms with van der Waals surface area (Å²) in [5.41, 5.74) is 8.59. The van der Waals surface area contributed by atoms with Gasteiger partial charge in [0.15, 0.2) is 0 Å². The smallest absolute Gasteiger partial charge is 0.129 e. The third-order valence-electron chi connectivity index (χ3n) is 3.37. The van der Waals surface area contributed by atoms with Crippen LogP contribution in [-0.2, 0) is 6.42 Å². The molecular formula is C15H13ClFNO. The molecule has 4 heteroatoms. The molecule has 19 heavy (non-hydrogen) atoms. The van der Waals surface area contributed by atoms with Crippen molar-refractivity contribution >= 4 is 11.6 Å². The van der Waals surface area contributed by atoms with E-state index in [1.54, 1.807) is 12.1 Å². The van der Waals surface area contributed by atoms with Crippen LogP contribution in [0.4, 0.5) is 4.39 Å². The molecule has 2 aromatic rings. The molecule has 2 nitrogen and oxygen atoms in total. The number of benzene rings is 2. The van der Waals surface area contributed by atoms with E-state index in [2.05, 4.69) is 0 Å². The van der Waals surface area contributed by atoms with E-state index in [1.807, 2.05) is 18.2 Å². The van der Waals surface area contributed by atoms with Crippen molar-refractivity contribution in [1.29, 1.82) is 0 Å². The van der Waals surface area contributed by atoms with Gasteiger partial charge < -0.3 is 10.5 Å². The zero-order chi connectivity index (χ0) is 13.4. The first-order valence-corrected chi connectivity index (χ1v) is 6.49. The highest BCUT2D eigenvalue weighted by atomic mass is 35.5. The molecule has 0 fully saturated rings. The molecule has 0 radical (unpaired) electrons. The van der Waals surface area contributed by atoms with Gasteiger partial charge in [0.1, 0.15) is 11.6 Å². The van der Waals surface area contributed by atoms with E-state index in [0.29, 0.717) is 17.2 Å². The van der Waals surface area contributed by atoms with E-state index in [9.17, 15) is 4.39 Å². The molecule has 0 bridgehead atoms. The maximum absolute atomic E-state index is 13.9. The van der Waals surface area contributed by atoms with Crippen LogP contribution in [0.2, 0.25) is 5.02 Å². The molecule has 0 aromatic heterocycles. The highest BCUT2D eigenvalue weighted by Gasteiger charge is 2.18. The van der Waals surface area contributed by atoms with Crippen molar-refractivity contribution in [3.63, 3.8) is 0 Å². The lowest BCUT2D eigenvalue weighted by molar-refractivity contribution is 0.357. The maximum atomic E-state index is 13.9. The van der Waals surface area contributed by atoms with Crippen LogP contribution in [0.25, 0.3) is 0 Å². The minimum absolute atomic E-state index is 0.371. The highest BCUT2D eigenvalue weighted by molar-refractivity contribution is 6.30. The Morgan fingerprint density at radius 2 is 2.05 bits per heavy atom. The van der Waals surface area contributed by atoms with Gasteiger partial charge in [-0.15, -0.1) is 0 Å². The molecular weight excluding hydrogens is 265 g/mol. The Kier molecular flexibility index (Phi) is 3.17. The molecule has 0 aliphatic carbocycles. The Bertz CT molecular complexity index is 630. The zero-order valence-electron chi connectivity index (χ0n) is 10.2. The van der Waals surface area contributed by atoms with Crippen LogP contribution in [0.15, 0.2) is 36.4 Å². The van der Waals surface area contributed by atoms with Crippen molar-refractivity contribution in [3.05, 3.63) is 63.9 Å². The quantitative estimate of drug-likeness (QED) is 0.912. The minimum atomic E-state index is -0.497. The molecule has 1 aliphatic heterocycles. The Labute approximate surface area is 115 Å². The Balaban J connectivity index is 1.97. The molecule has 0 saturated carbocycles. The Morgan fingerprint density at radius 3 is 2.84 bits per heavy atom. The van der Waals surface area contributed by atoms with Crippen LogP contribution >= 0.6 is 11.6 Å². The second-order valence-corrected chi connectivity index (χ2v) is 5.05. The summed E-state index contributed by atoms with van der Waals surface area (Å²) in [7, 11) is 0. The minimum Gasteiger partial charge on any atom is -0.493 e. The van der Waals surface area contributed by atoms with Gasteiger partial charge in [-0.3, -0.25) is 0 Å². The summed E-state index contributed by atoms with van der Waals surface area (Å²) in [4.78, 5) is 0. The highest BCUT2D eigenvalue weighted by Crippen LogP contribution is 2.30. The van der Waals surface area contributed by atoms with Crippen LogP contribution < -0.4 is 10.5 Å². The molecule has 0 saturated heterocycles. The summed E-state index contributed by atoms with van der Waals surface area (Å²) >= 11 is 5.75. The van der Waals surface area contributed by atoms with Gasteiger partial charge in [-0.05, 0) is 29.3 Å². The van der Waals surface area contributed by atoms with Crippen LogP contribution in [0.3, 0.4) is 0 Å². The van der Waals surface area contributed by atoms with Crippen molar-refractivity contribution < 1.29 is 9.13 Å². The van der Waals surface area contributed by atoms with Crippen molar-refractivity contribution in [2.24, 2.45) is 5.73 Å². The summed E-state index contributed by atoms with van der Waals surface area (Å²) < 4.78 is 19.3. The molecule has 1 atom stereocenters. The van der Waals surface area contributed by atoms with Crippen molar-refractivity contribution in [3.8, 4) is 5.75 Å². The van der Waals surface area contributed by atoms with Gasteiger partial charge in [0.2, 0.25) is 0 Å². The van der Waals surface area contributed by atoms with Crippen LogP contribution in [0.5, 0.6) is 5.75 Å². The predicted octanol–water partition coefficient (Wildman–Crippen LogP) is 3.46. The molecule has 1 heterocycles. The molecule has 2 N–H and O–H groups in total. The lowest BCUT2D eigenvalue weighted by atomic mass is 9.97. The normalized spacial score (nSPS) is 14.9. The van der Waals surface area contributed by atoms with Gasteiger partial charge in [-0.1, -0.05) is 29.8 Å². The van der Waals surface area contributed by atoms with Crippen LogP contribution in [0.1, 0.15) is 22.7 Å². The fourth-order valence-electron chi connectivity index (χ4n) is 2.33. The molecule has 0 amide bonds. The van der Waals surface area contributed by atoms with Gasteiger partial charge in [0.25, 0.3) is 0 Å². The van der Waals surface area contributed by atoms with E-state index in [4.69, 9.17) is 22.1 Å². The SMILES string of the molecule is NC(c1ccc2c(c1)CCO2)c1ccc(Cl)cc1F. The van der Waals surface area contributed by atoms with Crippen LogP contribution in [-0.4, -0.2) is 6.61 Å². The van der Waals surface area contributed by atoms with Crippen molar-refractivity contribution in [2.45, 2.75) is 12.5 Å². The van der Waals surface area contributed by atoms with Gasteiger partial charge in [0, 0.05) is 17.0 Å². The standard InChI is InChI=1S/C15H13ClFNO/c16-11-2-3-12(13(17)8-11)15(18)10-1-4-14-9(7-10)5-6-19-14/h1-4,7-8,15H,5-6,18H2. The summed E-state index contributed by atoms with van der Waals surface area (Å²) in [5, 5.41) is 0.371. The Morgan fingerprint density at radius 1 is 1.21 bits per heavy atom. The third kappa shape index (κ3) is 2.31. The molecule has 1 aliphatic rings. The predicted molar refractivity (Wildman–Crippen MR) is 73.1 cm³/mol. The molecule has 2 aromatic carbocycles. The third-order valence-corrected chi connectivity index (χ3v) is 3.61. The fourth-order valence-corrected chi connectivity index (χ4v) is 2.49. The number of rotatable bonds is 2. The monoisotopic (exact) mass is 277 g/mol. The fraction of sp³-hybridized carbons (Fsp3) is 0.200. The van der Waals surface area contributed by atoms with E-state index in [-0.39, 0.29) is 5.82 Å². The topological polar surface area (TPSA) is 35.2 Å². The number of halogens is 2. The lowest BCUT2D eigenvalue weighted by Crippen LogP contribution is -2.13. The molecule has 98 valence electrons. The number of fused-ring (bicyclic) bond motifs is 1.